The van der Waals surface area contributed by atoms with Gasteiger partial charge in [0, 0.05) is 28.8 Å². The maximum atomic E-state index is 12.3. The predicted molar refractivity (Wildman–Crippen MR) is 106 cm³/mol. The fraction of sp³-hybridized carbons (Fsp3) is 0.190. The quantitative estimate of drug-likeness (QED) is 0.499. The summed E-state index contributed by atoms with van der Waals surface area (Å²) in [5, 5.41) is 8.54. The Labute approximate surface area is 166 Å². The molecule has 0 bridgehead atoms. The summed E-state index contributed by atoms with van der Waals surface area (Å²) < 4.78 is 11.0. The van der Waals surface area contributed by atoms with Crippen molar-refractivity contribution in [1.29, 1.82) is 0 Å². The van der Waals surface area contributed by atoms with Crippen LogP contribution in [-0.4, -0.2) is 16.0 Å². The van der Waals surface area contributed by atoms with E-state index in [-0.39, 0.29) is 18.4 Å². The molecule has 142 valence electrons. The topological polar surface area (TPSA) is 81.2 Å². The Hall–Kier alpha value is -3.12. The number of hydrogen-bond acceptors (Lipinski definition) is 5. The highest BCUT2D eigenvalue weighted by molar-refractivity contribution is 6.30. The molecule has 4 aromatic rings. The van der Waals surface area contributed by atoms with Gasteiger partial charge < -0.3 is 14.3 Å². The van der Waals surface area contributed by atoms with Crippen LogP contribution in [-0.2, 0) is 11.2 Å². The SMILES string of the molecule is CC(NC(=O)CCc1nc(-c2ccc(Cl)cc2)no1)c1cc2ccccc2o1. The van der Waals surface area contributed by atoms with Gasteiger partial charge in [0.05, 0.1) is 6.04 Å². The summed E-state index contributed by atoms with van der Waals surface area (Å²) >= 11 is 5.88. The largest absolute Gasteiger partial charge is 0.459 e. The monoisotopic (exact) mass is 395 g/mol. The molecule has 28 heavy (non-hydrogen) atoms. The minimum Gasteiger partial charge on any atom is -0.459 e. The Balaban J connectivity index is 1.33. The van der Waals surface area contributed by atoms with Gasteiger partial charge in [-0.05, 0) is 43.3 Å². The second-order valence-corrected chi connectivity index (χ2v) is 6.93. The molecule has 0 saturated heterocycles. The summed E-state index contributed by atoms with van der Waals surface area (Å²) in [6.07, 6.45) is 0.603. The Kier molecular flexibility index (Phi) is 5.12. The molecule has 1 amide bonds. The third-order valence-corrected chi connectivity index (χ3v) is 4.64. The van der Waals surface area contributed by atoms with E-state index in [0.717, 1.165) is 22.3 Å². The summed E-state index contributed by atoms with van der Waals surface area (Å²) in [6, 6.07) is 16.6. The molecule has 1 N–H and O–H groups in total. The summed E-state index contributed by atoms with van der Waals surface area (Å²) in [7, 11) is 0. The molecule has 0 radical (unpaired) electrons. The zero-order chi connectivity index (χ0) is 19.5. The van der Waals surface area contributed by atoms with Crippen molar-refractivity contribution < 1.29 is 13.7 Å². The van der Waals surface area contributed by atoms with E-state index in [1.54, 1.807) is 12.1 Å². The van der Waals surface area contributed by atoms with Crippen LogP contribution >= 0.6 is 11.6 Å². The number of aromatic nitrogens is 2. The number of amides is 1. The number of halogens is 1. The molecule has 0 aliphatic carbocycles. The zero-order valence-corrected chi connectivity index (χ0v) is 15.9. The molecular weight excluding hydrogens is 378 g/mol. The fourth-order valence-corrected chi connectivity index (χ4v) is 3.02. The number of carbonyl (C=O) groups is 1. The molecule has 0 fully saturated rings. The summed E-state index contributed by atoms with van der Waals surface area (Å²) in [5.41, 5.74) is 1.61. The van der Waals surface area contributed by atoms with E-state index in [1.807, 2.05) is 49.4 Å². The normalized spacial score (nSPS) is 12.2. The Morgan fingerprint density at radius 1 is 1.18 bits per heavy atom. The van der Waals surface area contributed by atoms with Gasteiger partial charge in [0.15, 0.2) is 0 Å². The van der Waals surface area contributed by atoms with E-state index < -0.39 is 0 Å². The van der Waals surface area contributed by atoms with Crippen molar-refractivity contribution in [3.05, 3.63) is 71.3 Å². The third-order valence-electron chi connectivity index (χ3n) is 4.39. The van der Waals surface area contributed by atoms with Crippen molar-refractivity contribution in [2.45, 2.75) is 25.8 Å². The number of fused-ring (bicyclic) bond motifs is 1. The van der Waals surface area contributed by atoms with Gasteiger partial charge in [-0.3, -0.25) is 4.79 Å². The molecule has 1 atom stereocenters. The Bertz CT molecular complexity index is 1070. The molecule has 1 unspecified atom stereocenters. The van der Waals surface area contributed by atoms with Crippen molar-refractivity contribution in [2.75, 3.05) is 0 Å². The fourth-order valence-electron chi connectivity index (χ4n) is 2.89. The van der Waals surface area contributed by atoms with Crippen molar-refractivity contribution >= 4 is 28.5 Å². The van der Waals surface area contributed by atoms with E-state index >= 15 is 0 Å². The minimum absolute atomic E-state index is 0.112. The first-order chi connectivity index (χ1) is 13.6. The number of nitrogens with one attached hydrogen (secondary N) is 1. The molecule has 2 heterocycles. The van der Waals surface area contributed by atoms with Crippen molar-refractivity contribution in [1.82, 2.24) is 15.5 Å². The van der Waals surface area contributed by atoms with E-state index in [1.165, 1.54) is 0 Å². The number of rotatable bonds is 6. The highest BCUT2D eigenvalue weighted by Crippen LogP contribution is 2.24. The molecular formula is C21H18ClN3O3. The average molecular weight is 396 g/mol. The van der Waals surface area contributed by atoms with Crippen LogP contribution in [0, 0.1) is 0 Å². The van der Waals surface area contributed by atoms with Gasteiger partial charge in [0.2, 0.25) is 17.6 Å². The van der Waals surface area contributed by atoms with Crippen LogP contribution in [0.1, 0.15) is 31.0 Å². The van der Waals surface area contributed by atoms with Crippen LogP contribution < -0.4 is 5.32 Å². The summed E-state index contributed by atoms with van der Waals surface area (Å²) in [5.74, 6) is 1.50. The lowest BCUT2D eigenvalue weighted by molar-refractivity contribution is -0.121. The van der Waals surface area contributed by atoms with E-state index in [2.05, 4.69) is 15.5 Å². The van der Waals surface area contributed by atoms with E-state index in [9.17, 15) is 4.79 Å². The first kappa shape index (κ1) is 18.3. The van der Waals surface area contributed by atoms with Gasteiger partial charge >= 0.3 is 0 Å². The molecule has 4 rings (SSSR count). The lowest BCUT2D eigenvalue weighted by Gasteiger charge is -2.10. The van der Waals surface area contributed by atoms with Gasteiger partial charge in [-0.25, -0.2) is 0 Å². The van der Waals surface area contributed by atoms with Gasteiger partial charge in [-0.15, -0.1) is 0 Å². The minimum atomic E-state index is -0.229. The van der Waals surface area contributed by atoms with Crippen molar-refractivity contribution in [3.63, 3.8) is 0 Å². The van der Waals surface area contributed by atoms with Gasteiger partial charge in [-0.2, -0.15) is 4.98 Å². The van der Waals surface area contributed by atoms with Crippen LogP contribution in [0.5, 0.6) is 0 Å². The predicted octanol–water partition coefficient (Wildman–Crippen LogP) is 4.95. The second-order valence-electron chi connectivity index (χ2n) is 6.49. The molecule has 0 spiro atoms. The van der Waals surface area contributed by atoms with E-state index in [0.29, 0.717) is 23.2 Å². The number of benzene rings is 2. The number of furan rings is 1. The van der Waals surface area contributed by atoms with Crippen LogP contribution in [0.2, 0.25) is 5.02 Å². The van der Waals surface area contributed by atoms with Gasteiger partial charge in [0.25, 0.3) is 0 Å². The lowest BCUT2D eigenvalue weighted by atomic mass is 10.2. The molecule has 6 nitrogen and oxygen atoms in total. The molecule has 2 aromatic heterocycles. The maximum Gasteiger partial charge on any atom is 0.227 e. The second kappa shape index (κ2) is 7.86. The highest BCUT2D eigenvalue weighted by atomic mass is 35.5. The van der Waals surface area contributed by atoms with Crippen molar-refractivity contribution in [3.8, 4) is 11.4 Å². The highest BCUT2D eigenvalue weighted by Gasteiger charge is 2.16. The Morgan fingerprint density at radius 2 is 1.96 bits per heavy atom. The van der Waals surface area contributed by atoms with Crippen LogP contribution in [0.4, 0.5) is 0 Å². The number of hydrogen-bond donors (Lipinski definition) is 1. The molecule has 7 heteroatoms. The molecule has 0 saturated carbocycles. The van der Waals surface area contributed by atoms with Crippen LogP contribution in [0.15, 0.2) is 63.5 Å². The standard InChI is InChI=1S/C21H18ClN3O3/c1-13(18-12-15-4-2-3-5-17(15)27-18)23-19(26)10-11-20-24-21(25-28-20)14-6-8-16(22)9-7-14/h2-9,12-13H,10-11H2,1H3,(H,23,26). The molecule has 0 aliphatic heterocycles. The van der Waals surface area contributed by atoms with Crippen LogP contribution in [0.3, 0.4) is 0 Å². The maximum absolute atomic E-state index is 12.3. The van der Waals surface area contributed by atoms with Gasteiger partial charge in [-0.1, -0.05) is 35.0 Å². The number of aryl methyl sites for hydroxylation is 1. The van der Waals surface area contributed by atoms with Gasteiger partial charge in [0.1, 0.15) is 11.3 Å². The number of nitrogens with zero attached hydrogens (tertiary/aromatic N) is 2. The van der Waals surface area contributed by atoms with Crippen LogP contribution in [0.25, 0.3) is 22.4 Å². The summed E-state index contributed by atoms with van der Waals surface area (Å²) in [6.45, 7) is 1.89. The number of para-hydroxylation sites is 1. The van der Waals surface area contributed by atoms with Crippen molar-refractivity contribution in [2.24, 2.45) is 0 Å². The first-order valence-corrected chi connectivity index (χ1v) is 9.32. The molecule has 0 aliphatic rings. The Morgan fingerprint density at radius 3 is 2.75 bits per heavy atom. The van der Waals surface area contributed by atoms with E-state index in [4.69, 9.17) is 20.5 Å². The third kappa shape index (κ3) is 4.07. The summed E-state index contributed by atoms with van der Waals surface area (Å²) in [4.78, 5) is 16.6. The first-order valence-electron chi connectivity index (χ1n) is 8.95. The molecule has 2 aromatic carbocycles. The number of carbonyl (C=O) groups excluding carboxylic acids is 1. The lowest BCUT2D eigenvalue weighted by Crippen LogP contribution is -2.26. The smallest absolute Gasteiger partial charge is 0.227 e. The average Bonchev–Trinajstić information content (AvgIpc) is 3.34. The zero-order valence-electron chi connectivity index (χ0n) is 15.2.